The number of likely N-dealkylation sites (tertiary alicyclic amines) is 1. The number of hydrogen-bond acceptors (Lipinski definition) is 2. The van der Waals surface area contributed by atoms with E-state index in [4.69, 9.17) is 0 Å². The van der Waals surface area contributed by atoms with Crippen LogP contribution in [0.4, 0.5) is 4.79 Å². The molecule has 132 valence electrons. The van der Waals surface area contributed by atoms with Crippen LogP contribution < -0.4 is 10.6 Å². The Balaban J connectivity index is 1.32. The van der Waals surface area contributed by atoms with Gasteiger partial charge < -0.3 is 15.5 Å². The highest BCUT2D eigenvalue weighted by molar-refractivity contribution is 5.74. The first-order valence-corrected chi connectivity index (χ1v) is 10.1. The second kappa shape index (κ2) is 8.91. The van der Waals surface area contributed by atoms with Gasteiger partial charge in [0.2, 0.25) is 0 Å². The molecule has 4 heteroatoms. The third-order valence-electron chi connectivity index (χ3n) is 6.28. The Morgan fingerprint density at radius 3 is 2.13 bits per heavy atom. The molecular weight excluding hydrogens is 286 g/mol. The molecule has 0 aromatic rings. The molecule has 0 atom stereocenters. The van der Waals surface area contributed by atoms with Crippen molar-refractivity contribution in [3.8, 4) is 0 Å². The Hall–Kier alpha value is -0.770. The van der Waals surface area contributed by atoms with E-state index in [9.17, 15) is 4.79 Å². The zero-order chi connectivity index (χ0) is 15.9. The summed E-state index contributed by atoms with van der Waals surface area (Å²) in [6.45, 7) is 4.36. The fourth-order valence-electron chi connectivity index (χ4n) is 4.58. The van der Waals surface area contributed by atoms with Crippen molar-refractivity contribution in [3.05, 3.63) is 0 Å². The molecule has 0 unspecified atom stereocenters. The number of carbonyl (C=O) groups excluding carboxylic acids is 1. The van der Waals surface area contributed by atoms with Gasteiger partial charge in [0.05, 0.1) is 0 Å². The number of nitrogens with one attached hydrogen (secondary N) is 2. The monoisotopic (exact) mass is 321 g/mol. The van der Waals surface area contributed by atoms with Gasteiger partial charge >= 0.3 is 6.03 Å². The van der Waals surface area contributed by atoms with Crippen LogP contribution in [0.1, 0.15) is 70.6 Å². The summed E-state index contributed by atoms with van der Waals surface area (Å²) >= 11 is 0. The lowest BCUT2D eigenvalue weighted by Gasteiger charge is -2.34. The fraction of sp³-hybridized carbons (Fsp3) is 0.947. The van der Waals surface area contributed by atoms with Gasteiger partial charge in [0.15, 0.2) is 0 Å². The van der Waals surface area contributed by atoms with Crippen molar-refractivity contribution in [2.75, 3.05) is 26.2 Å². The molecule has 3 rings (SSSR count). The summed E-state index contributed by atoms with van der Waals surface area (Å²) in [5, 5.41) is 6.72. The van der Waals surface area contributed by atoms with Crippen LogP contribution in [0.2, 0.25) is 0 Å². The molecule has 2 amide bonds. The number of piperidine rings is 2. The Morgan fingerprint density at radius 2 is 1.48 bits per heavy atom. The van der Waals surface area contributed by atoms with Gasteiger partial charge in [-0.15, -0.1) is 0 Å². The lowest BCUT2D eigenvalue weighted by molar-refractivity contribution is 0.159. The summed E-state index contributed by atoms with van der Waals surface area (Å²) in [4.78, 5) is 14.5. The van der Waals surface area contributed by atoms with E-state index in [1.807, 2.05) is 0 Å². The Labute approximate surface area is 141 Å². The lowest BCUT2D eigenvalue weighted by atomic mass is 9.85. The van der Waals surface area contributed by atoms with Gasteiger partial charge in [-0.2, -0.15) is 0 Å². The SMILES string of the molecule is O=C(NC1CCCCC1)N1CCC(CCC2CCNCC2)CC1. The van der Waals surface area contributed by atoms with Crippen molar-refractivity contribution in [1.82, 2.24) is 15.5 Å². The number of nitrogens with zero attached hydrogens (tertiary/aromatic N) is 1. The Kier molecular flexibility index (Phi) is 6.61. The predicted molar refractivity (Wildman–Crippen MR) is 94.5 cm³/mol. The number of rotatable bonds is 4. The number of hydrogen-bond donors (Lipinski definition) is 2. The molecule has 0 aromatic carbocycles. The Morgan fingerprint density at radius 1 is 0.870 bits per heavy atom. The second-order valence-corrected chi connectivity index (χ2v) is 7.99. The highest BCUT2D eigenvalue weighted by atomic mass is 16.2. The smallest absolute Gasteiger partial charge is 0.317 e. The molecule has 1 saturated carbocycles. The highest BCUT2D eigenvalue weighted by Crippen LogP contribution is 2.27. The zero-order valence-electron chi connectivity index (χ0n) is 14.7. The van der Waals surface area contributed by atoms with Crippen LogP contribution in [0, 0.1) is 11.8 Å². The van der Waals surface area contributed by atoms with E-state index in [-0.39, 0.29) is 6.03 Å². The van der Waals surface area contributed by atoms with Gasteiger partial charge in [-0.1, -0.05) is 32.1 Å². The summed E-state index contributed by atoms with van der Waals surface area (Å²) < 4.78 is 0. The van der Waals surface area contributed by atoms with Crippen LogP contribution >= 0.6 is 0 Å². The average molecular weight is 322 g/mol. The molecule has 2 N–H and O–H groups in total. The van der Waals surface area contributed by atoms with Gasteiger partial charge in [-0.3, -0.25) is 0 Å². The van der Waals surface area contributed by atoms with Crippen molar-refractivity contribution >= 4 is 6.03 Å². The largest absolute Gasteiger partial charge is 0.335 e. The van der Waals surface area contributed by atoms with E-state index in [0.717, 1.165) is 24.9 Å². The average Bonchev–Trinajstić information content (AvgIpc) is 2.62. The molecule has 2 heterocycles. The summed E-state index contributed by atoms with van der Waals surface area (Å²) in [5.74, 6) is 1.80. The van der Waals surface area contributed by atoms with E-state index >= 15 is 0 Å². The fourth-order valence-corrected chi connectivity index (χ4v) is 4.58. The maximum Gasteiger partial charge on any atom is 0.317 e. The van der Waals surface area contributed by atoms with Crippen molar-refractivity contribution < 1.29 is 4.79 Å². The molecular formula is C19H35N3O. The number of urea groups is 1. The molecule has 0 aromatic heterocycles. The van der Waals surface area contributed by atoms with Crippen LogP contribution in [-0.4, -0.2) is 43.2 Å². The highest BCUT2D eigenvalue weighted by Gasteiger charge is 2.25. The maximum absolute atomic E-state index is 12.4. The summed E-state index contributed by atoms with van der Waals surface area (Å²) in [5.41, 5.74) is 0. The molecule has 0 radical (unpaired) electrons. The minimum absolute atomic E-state index is 0.203. The molecule has 3 fully saturated rings. The molecule has 4 nitrogen and oxygen atoms in total. The molecule has 3 aliphatic rings. The number of amides is 2. The minimum Gasteiger partial charge on any atom is -0.335 e. The first-order valence-electron chi connectivity index (χ1n) is 10.1. The van der Waals surface area contributed by atoms with Crippen LogP contribution in [-0.2, 0) is 0 Å². The van der Waals surface area contributed by atoms with Gasteiger partial charge in [0, 0.05) is 19.1 Å². The van der Waals surface area contributed by atoms with E-state index in [2.05, 4.69) is 15.5 Å². The van der Waals surface area contributed by atoms with Crippen molar-refractivity contribution in [2.45, 2.75) is 76.7 Å². The van der Waals surface area contributed by atoms with Gasteiger partial charge in [-0.05, 0) is 63.5 Å². The van der Waals surface area contributed by atoms with E-state index in [0.29, 0.717) is 6.04 Å². The van der Waals surface area contributed by atoms with E-state index in [1.165, 1.54) is 83.7 Å². The topological polar surface area (TPSA) is 44.4 Å². The zero-order valence-corrected chi connectivity index (χ0v) is 14.7. The third kappa shape index (κ3) is 5.37. The molecule has 2 saturated heterocycles. The second-order valence-electron chi connectivity index (χ2n) is 7.99. The van der Waals surface area contributed by atoms with E-state index < -0.39 is 0 Å². The van der Waals surface area contributed by atoms with Crippen LogP contribution in [0.5, 0.6) is 0 Å². The quantitative estimate of drug-likeness (QED) is 0.832. The molecule has 2 aliphatic heterocycles. The first kappa shape index (κ1) is 17.1. The van der Waals surface area contributed by atoms with Crippen LogP contribution in [0.15, 0.2) is 0 Å². The van der Waals surface area contributed by atoms with Crippen molar-refractivity contribution in [1.29, 1.82) is 0 Å². The predicted octanol–water partition coefficient (Wildman–Crippen LogP) is 3.52. The van der Waals surface area contributed by atoms with Gasteiger partial charge in [-0.25, -0.2) is 4.79 Å². The van der Waals surface area contributed by atoms with Crippen LogP contribution in [0.3, 0.4) is 0 Å². The van der Waals surface area contributed by atoms with Crippen LogP contribution in [0.25, 0.3) is 0 Å². The van der Waals surface area contributed by atoms with Gasteiger partial charge in [0.25, 0.3) is 0 Å². The molecule has 0 spiro atoms. The van der Waals surface area contributed by atoms with E-state index in [1.54, 1.807) is 0 Å². The summed E-state index contributed by atoms with van der Waals surface area (Å²) in [7, 11) is 0. The molecule has 1 aliphatic carbocycles. The normalized spacial score (nSPS) is 25.5. The van der Waals surface area contributed by atoms with Crippen molar-refractivity contribution in [3.63, 3.8) is 0 Å². The van der Waals surface area contributed by atoms with Crippen molar-refractivity contribution in [2.24, 2.45) is 11.8 Å². The third-order valence-corrected chi connectivity index (χ3v) is 6.28. The lowest BCUT2D eigenvalue weighted by Crippen LogP contribution is -2.48. The van der Waals surface area contributed by atoms with Gasteiger partial charge in [0.1, 0.15) is 0 Å². The first-order chi connectivity index (χ1) is 11.3. The minimum atomic E-state index is 0.203. The summed E-state index contributed by atoms with van der Waals surface area (Å²) in [6.07, 6.45) is 14.2. The maximum atomic E-state index is 12.4. The standard InChI is InChI=1S/C19H35N3O/c23-19(21-18-4-2-1-3-5-18)22-14-10-17(11-15-22)7-6-16-8-12-20-13-9-16/h16-18,20H,1-15H2,(H,21,23). The number of carbonyl (C=O) groups is 1. The molecule has 23 heavy (non-hydrogen) atoms. The molecule has 0 bridgehead atoms. The summed E-state index contributed by atoms with van der Waals surface area (Å²) in [6, 6.07) is 0.641. The Bertz CT molecular complexity index is 354.